The van der Waals surface area contributed by atoms with Crippen LogP contribution in [0.25, 0.3) is 0 Å². The standard InChI is InChI=1S/C13H23NO3/c1-10(15)11-2-5-14(6-3-11)8-12-9-17-7-4-13(12)16/h10-12,15H,2-9H2,1H3. The van der Waals surface area contributed by atoms with Crippen LogP contribution in [0.1, 0.15) is 26.2 Å². The zero-order valence-electron chi connectivity index (χ0n) is 10.6. The van der Waals surface area contributed by atoms with E-state index < -0.39 is 0 Å². The summed E-state index contributed by atoms with van der Waals surface area (Å²) >= 11 is 0. The van der Waals surface area contributed by atoms with Gasteiger partial charge in [0.2, 0.25) is 0 Å². The van der Waals surface area contributed by atoms with Crippen molar-refractivity contribution in [3.8, 4) is 0 Å². The Morgan fingerprint density at radius 1 is 1.47 bits per heavy atom. The van der Waals surface area contributed by atoms with Crippen LogP contribution in [-0.4, -0.2) is 54.7 Å². The monoisotopic (exact) mass is 241 g/mol. The van der Waals surface area contributed by atoms with Crippen molar-refractivity contribution < 1.29 is 14.6 Å². The fourth-order valence-corrected chi connectivity index (χ4v) is 2.78. The van der Waals surface area contributed by atoms with Gasteiger partial charge in [0.1, 0.15) is 5.78 Å². The Hall–Kier alpha value is -0.450. The number of rotatable bonds is 3. The first kappa shape index (κ1) is 13.0. The lowest BCUT2D eigenvalue weighted by Gasteiger charge is -2.35. The van der Waals surface area contributed by atoms with E-state index in [1.165, 1.54) is 0 Å². The molecule has 0 aromatic heterocycles. The Morgan fingerprint density at radius 3 is 2.76 bits per heavy atom. The lowest BCUT2D eigenvalue weighted by atomic mass is 9.91. The molecule has 4 heteroatoms. The van der Waals surface area contributed by atoms with Crippen molar-refractivity contribution in [1.29, 1.82) is 0 Å². The molecular weight excluding hydrogens is 218 g/mol. The van der Waals surface area contributed by atoms with Crippen LogP contribution in [0.15, 0.2) is 0 Å². The molecule has 0 radical (unpaired) electrons. The molecule has 2 aliphatic rings. The van der Waals surface area contributed by atoms with Gasteiger partial charge in [-0.15, -0.1) is 0 Å². The molecule has 2 saturated heterocycles. The molecule has 0 saturated carbocycles. The molecule has 4 nitrogen and oxygen atoms in total. The van der Waals surface area contributed by atoms with Gasteiger partial charge in [-0.2, -0.15) is 0 Å². The van der Waals surface area contributed by atoms with Crippen LogP contribution < -0.4 is 0 Å². The maximum atomic E-state index is 11.7. The normalized spacial score (nSPS) is 30.5. The van der Waals surface area contributed by atoms with E-state index in [-0.39, 0.29) is 12.0 Å². The molecule has 2 aliphatic heterocycles. The minimum Gasteiger partial charge on any atom is -0.393 e. The zero-order valence-corrected chi connectivity index (χ0v) is 10.6. The van der Waals surface area contributed by atoms with E-state index in [0.717, 1.165) is 32.5 Å². The van der Waals surface area contributed by atoms with Crippen molar-refractivity contribution >= 4 is 5.78 Å². The maximum Gasteiger partial charge on any atom is 0.141 e. The first-order valence-electron chi connectivity index (χ1n) is 6.67. The zero-order chi connectivity index (χ0) is 12.3. The largest absolute Gasteiger partial charge is 0.393 e. The molecule has 98 valence electrons. The second-order valence-electron chi connectivity index (χ2n) is 5.37. The van der Waals surface area contributed by atoms with Gasteiger partial charge in [-0.3, -0.25) is 4.79 Å². The number of carbonyl (C=O) groups excluding carboxylic acids is 1. The molecule has 0 spiro atoms. The molecule has 2 rings (SSSR count). The number of carbonyl (C=O) groups is 1. The van der Waals surface area contributed by atoms with Gasteiger partial charge in [0, 0.05) is 13.0 Å². The van der Waals surface area contributed by atoms with Gasteiger partial charge in [-0.1, -0.05) is 0 Å². The highest BCUT2D eigenvalue weighted by atomic mass is 16.5. The number of likely N-dealkylation sites (tertiary alicyclic amines) is 1. The van der Waals surface area contributed by atoms with Gasteiger partial charge in [0.25, 0.3) is 0 Å². The number of piperidine rings is 1. The summed E-state index contributed by atoms with van der Waals surface area (Å²) in [6.07, 6.45) is 2.46. The average molecular weight is 241 g/mol. The average Bonchev–Trinajstić information content (AvgIpc) is 2.33. The number of hydrogen-bond donors (Lipinski definition) is 1. The van der Waals surface area contributed by atoms with Gasteiger partial charge >= 0.3 is 0 Å². The second-order valence-corrected chi connectivity index (χ2v) is 5.37. The number of ketones is 1. The molecule has 0 aliphatic carbocycles. The smallest absolute Gasteiger partial charge is 0.141 e. The number of aliphatic hydroxyl groups excluding tert-OH is 1. The number of nitrogens with zero attached hydrogens (tertiary/aromatic N) is 1. The van der Waals surface area contributed by atoms with Crippen molar-refractivity contribution in [1.82, 2.24) is 4.90 Å². The fraction of sp³-hybridized carbons (Fsp3) is 0.923. The Bertz CT molecular complexity index is 259. The molecule has 0 bridgehead atoms. The van der Waals surface area contributed by atoms with E-state index in [0.29, 0.717) is 31.3 Å². The third-order valence-electron chi connectivity index (χ3n) is 4.06. The van der Waals surface area contributed by atoms with Crippen LogP contribution in [0.4, 0.5) is 0 Å². The van der Waals surface area contributed by atoms with Crippen LogP contribution in [-0.2, 0) is 9.53 Å². The molecule has 17 heavy (non-hydrogen) atoms. The Labute approximate surface area is 103 Å². The predicted octanol–water partition coefficient (Wildman–Crippen LogP) is 0.685. The van der Waals surface area contributed by atoms with E-state index in [9.17, 15) is 9.90 Å². The third-order valence-corrected chi connectivity index (χ3v) is 4.06. The maximum absolute atomic E-state index is 11.7. The van der Waals surface area contributed by atoms with Crippen LogP contribution in [0.5, 0.6) is 0 Å². The van der Waals surface area contributed by atoms with Gasteiger partial charge in [0.05, 0.1) is 25.2 Å². The molecule has 2 heterocycles. The number of Topliss-reactive ketones (excluding diaryl/α,β-unsaturated/α-hetero) is 1. The summed E-state index contributed by atoms with van der Waals surface area (Å²) < 4.78 is 5.37. The van der Waals surface area contributed by atoms with E-state index in [4.69, 9.17) is 4.74 Å². The van der Waals surface area contributed by atoms with Crippen LogP contribution >= 0.6 is 0 Å². The molecule has 2 atom stereocenters. The molecule has 1 N–H and O–H groups in total. The Balaban J connectivity index is 1.75. The van der Waals surface area contributed by atoms with E-state index in [1.54, 1.807) is 0 Å². The lowest BCUT2D eigenvalue weighted by molar-refractivity contribution is -0.131. The van der Waals surface area contributed by atoms with Crippen molar-refractivity contribution in [2.45, 2.75) is 32.3 Å². The van der Waals surface area contributed by atoms with Crippen molar-refractivity contribution in [3.05, 3.63) is 0 Å². The van der Waals surface area contributed by atoms with Crippen molar-refractivity contribution in [3.63, 3.8) is 0 Å². The minimum absolute atomic E-state index is 0.0758. The van der Waals surface area contributed by atoms with E-state index in [1.807, 2.05) is 6.92 Å². The third kappa shape index (κ3) is 3.50. The van der Waals surface area contributed by atoms with Crippen LogP contribution in [0.3, 0.4) is 0 Å². The molecule has 2 unspecified atom stereocenters. The highest BCUT2D eigenvalue weighted by molar-refractivity contribution is 5.82. The minimum atomic E-state index is -0.197. The fourth-order valence-electron chi connectivity index (χ4n) is 2.78. The van der Waals surface area contributed by atoms with Crippen LogP contribution in [0.2, 0.25) is 0 Å². The van der Waals surface area contributed by atoms with Crippen molar-refractivity contribution in [2.75, 3.05) is 32.8 Å². The summed E-state index contributed by atoms with van der Waals surface area (Å²) in [4.78, 5) is 14.0. The van der Waals surface area contributed by atoms with Crippen molar-refractivity contribution in [2.24, 2.45) is 11.8 Å². The highest BCUT2D eigenvalue weighted by Gasteiger charge is 2.28. The molecule has 2 fully saturated rings. The van der Waals surface area contributed by atoms with E-state index >= 15 is 0 Å². The summed E-state index contributed by atoms with van der Waals surface area (Å²) in [7, 11) is 0. The summed E-state index contributed by atoms with van der Waals surface area (Å²) in [5.41, 5.74) is 0. The summed E-state index contributed by atoms with van der Waals surface area (Å²) in [6.45, 7) is 5.90. The van der Waals surface area contributed by atoms with E-state index in [2.05, 4.69) is 4.90 Å². The quantitative estimate of drug-likeness (QED) is 0.789. The number of hydrogen-bond acceptors (Lipinski definition) is 4. The Morgan fingerprint density at radius 2 is 2.18 bits per heavy atom. The summed E-state index contributed by atoms with van der Waals surface area (Å²) in [6, 6.07) is 0. The number of ether oxygens (including phenoxy) is 1. The van der Waals surface area contributed by atoms with Crippen LogP contribution in [0, 0.1) is 11.8 Å². The summed E-state index contributed by atoms with van der Waals surface area (Å²) in [5, 5.41) is 9.53. The molecule has 0 aromatic rings. The SMILES string of the molecule is CC(O)C1CCN(CC2COCCC2=O)CC1. The Kier molecular flexibility index (Phi) is 4.54. The lowest BCUT2D eigenvalue weighted by Crippen LogP contribution is -2.43. The van der Waals surface area contributed by atoms with Gasteiger partial charge < -0.3 is 14.7 Å². The number of aliphatic hydroxyl groups is 1. The van der Waals surface area contributed by atoms with Gasteiger partial charge in [0.15, 0.2) is 0 Å². The molecule has 0 amide bonds. The molecular formula is C13H23NO3. The van der Waals surface area contributed by atoms with Gasteiger partial charge in [-0.25, -0.2) is 0 Å². The van der Waals surface area contributed by atoms with Gasteiger partial charge in [-0.05, 0) is 38.8 Å². The topological polar surface area (TPSA) is 49.8 Å². The highest BCUT2D eigenvalue weighted by Crippen LogP contribution is 2.22. The summed E-state index contributed by atoms with van der Waals surface area (Å²) in [5.74, 6) is 0.866. The predicted molar refractivity (Wildman–Crippen MR) is 64.8 cm³/mol. The first-order chi connectivity index (χ1) is 8.16. The molecule has 0 aromatic carbocycles. The second kappa shape index (κ2) is 5.94. The first-order valence-corrected chi connectivity index (χ1v) is 6.67.